The molecule has 0 N–H and O–H groups in total. The van der Waals surface area contributed by atoms with Gasteiger partial charge in [-0.2, -0.15) is 0 Å². The average Bonchev–Trinajstić information content (AvgIpc) is 2.08. The summed E-state index contributed by atoms with van der Waals surface area (Å²) >= 11 is 3.08. The molecule has 1 heterocycles. The monoisotopic (exact) mass is 246 g/mol. The number of rotatable bonds is 3. The fourth-order valence-electron chi connectivity index (χ4n) is 0.799. The zero-order valence-corrected chi connectivity index (χ0v) is 8.44. The van der Waals surface area contributed by atoms with Crippen LogP contribution in [0.25, 0.3) is 0 Å². The highest BCUT2D eigenvalue weighted by molar-refractivity contribution is 9.10. The van der Waals surface area contributed by atoms with E-state index in [-0.39, 0.29) is 5.69 Å². The lowest BCUT2D eigenvalue weighted by Gasteiger charge is -2.03. The Bertz CT molecular complexity index is 330. The van der Waals surface area contributed by atoms with E-state index in [1.807, 2.05) is 0 Å². The van der Waals surface area contributed by atoms with Crippen molar-refractivity contribution < 1.29 is 9.66 Å². The van der Waals surface area contributed by atoms with Crippen LogP contribution in [0.3, 0.4) is 0 Å². The van der Waals surface area contributed by atoms with Gasteiger partial charge in [0.05, 0.1) is 17.7 Å². The van der Waals surface area contributed by atoms with E-state index in [4.69, 9.17) is 4.74 Å². The molecule has 0 fully saturated rings. The third kappa shape index (κ3) is 2.15. The molecule has 0 aliphatic heterocycles. The van der Waals surface area contributed by atoms with Crippen LogP contribution in [0.2, 0.25) is 0 Å². The lowest BCUT2D eigenvalue weighted by atomic mass is 10.4. The Balaban J connectivity index is 3.10. The maximum absolute atomic E-state index is 10.5. The Kier molecular flexibility index (Phi) is 3.18. The predicted molar refractivity (Wildman–Crippen MR) is 49.8 cm³/mol. The summed E-state index contributed by atoms with van der Waals surface area (Å²) in [6.45, 7) is 2.24. The normalized spacial score (nSPS) is 9.69. The van der Waals surface area contributed by atoms with Crippen molar-refractivity contribution in [3.05, 3.63) is 27.0 Å². The van der Waals surface area contributed by atoms with E-state index in [1.54, 1.807) is 6.92 Å². The molecule has 1 rings (SSSR count). The zero-order chi connectivity index (χ0) is 9.84. The first-order valence-corrected chi connectivity index (χ1v) is 4.36. The van der Waals surface area contributed by atoms with Crippen molar-refractivity contribution in [3.8, 4) is 5.75 Å². The summed E-state index contributed by atoms with van der Waals surface area (Å²) < 4.78 is 5.44. The van der Waals surface area contributed by atoms with E-state index >= 15 is 0 Å². The van der Waals surface area contributed by atoms with Gasteiger partial charge in [-0.15, -0.1) is 0 Å². The molecule has 1 aromatic rings. The minimum absolute atomic E-state index is 0.0917. The molecular weight excluding hydrogens is 240 g/mol. The van der Waals surface area contributed by atoms with Gasteiger partial charge in [-0.25, -0.2) is 0 Å². The molecule has 0 amide bonds. The Morgan fingerprint density at radius 2 is 2.38 bits per heavy atom. The molecule has 0 atom stereocenters. The maximum Gasteiger partial charge on any atom is 0.305 e. The van der Waals surface area contributed by atoms with Crippen molar-refractivity contribution in [3.63, 3.8) is 0 Å². The first-order valence-electron chi connectivity index (χ1n) is 3.57. The van der Waals surface area contributed by atoms with Gasteiger partial charge in [-0.05, 0) is 22.9 Å². The number of aromatic nitrogens is 1. The molecule has 0 radical (unpaired) electrons. The van der Waals surface area contributed by atoms with Crippen molar-refractivity contribution in [2.75, 3.05) is 6.61 Å². The number of nitrogens with zero attached hydrogens (tertiary/aromatic N) is 2. The van der Waals surface area contributed by atoms with Crippen LogP contribution in [0.15, 0.2) is 16.9 Å². The summed E-state index contributed by atoms with van der Waals surface area (Å²) in [5.74, 6) is 0.386. The van der Waals surface area contributed by atoms with Crippen LogP contribution in [-0.2, 0) is 0 Å². The molecule has 0 aromatic carbocycles. The van der Waals surface area contributed by atoms with E-state index in [0.29, 0.717) is 16.8 Å². The fraction of sp³-hybridized carbons (Fsp3) is 0.286. The Hall–Kier alpha value is -1.17. The second-order valence-corrected chi connectivity index (χ2v) is 2.95. The number of nitro groups is 1. The molecule has 70 valence electrons. The van der Waals surface area contributed by atoms with Crippen molar-refractivity contribution in [2.24, 2.45) is 0 Å². The summed E-state index contributed by atoms with van der Waals surface area (Å²) in [4.78, 5) is 13.6. The number of halogens is 1. The number of hydrogen-bond acceptors (Lipinski definition) is 4. The first kappa shape index (κ1) is 9.91. The van der Waals surface area contributed by atoms with Crippen LogP contribution >= 0.6 is 15.9 Å². The largest absolute Gasteiger partial charge is 0.491 e. The van der Waals surface area contributed by atoms with E-state index in [2.05, 4.69) is 20.9 Å². The third-order valence-electron chi connectivity index (χ3n) is 1.33. The second-order valence-electron chi connectivity index (χ2n) is 2.16. The van der Waals surface area contributed by atoms with Gasteiger partial charge in [0.15, 0.2) is 5.75 Å². The van der Waals surface area contributed by atoms with E-state index in [0.717, 1.165) is 0 Å². The minimum Gasteiger partial charge on any atom is -0.491 e. The SMILES string of the molecule is CCOc1cncc([N+](=O)[O-])c1Br. The van der Waals surface area contributed by atoms with Crippen molar-refractivity contribution >= 4 is 21.6 Å². The van der Waals surface area contributed by atoms with Gasteiger partial charge < -0.3 is 4.74 Å². The summed E-state index contributed by atoms with van der Waals surface area (Å²) in [6.07, 6.45) is 2.60. The molecule has 0 saturated heterocycles. The highest BCUT2D eigenvalue weighted by Gasteiger charge is 2.16. The standard InChI is InChI=1S/C7H7BrN2O3/c1-2-13-6-4-9-3-5(7(6)8)10(11)12/h3-4H,2H2,1H3. The predicted octanol–water partition coefficient (Wildman–Crippen LogP) is 2.15. The topological polar surface area (TPSA) is 65.3 Å². The smallest absolute Gasteiger partial charge is 0.305 e. The second kappa shape index (κ2) is 4.18. The number of pyridine rings is 1. The molecule has 6 heteroatoms. The van der Waals surface area contributed by atoms with Gasteiger partial charge in [0.1, 0.15) is 10.7 Å². The van der Waals surface area contributed by atoms with Gasteiger partial charge in [-0.1, -0.05) is 0 Å². The molecule has 13 heavy (non-hydrogen) atoms. The molecule has 0 saturated carbocycles. The summed E-state index contributed by atoms with van der Waals surface area (Å²) in [6, 6.07) is 0. The minimum atomic E-state index is -0.514. The van der Waals surface area contributed by atoms with Crippen molar-refractivity contribution in [1.29, 1.82) is 0 Å². The number of hydrogen-bond donors (Lipinski definition) is 0. The van der Waals surface area contributed by atoms with Crippen LogP contribution in [0.5, 0.6) is 5.75 Å². The van der Waals surface area contributed by atoms with Gasteiger partial charge in [0.2, 0.25) is 0 Å². The van der Waals surface area contributed by atoms with Gasteiger partial charge in [0, 0.05) is 0 Å². The van der Waals surface area contributed by atoms with Crippen molar-refractivity contribution in [1.82, 2.24) is 4.98 Å². The first-order chi connectivity index (χ1) is 6.16. The van der Waals surface area contributed by atoms with Crippen LogP contribution in [0, 0.1) is 10.1 Å². The summed E-state index contributed by atoms with van der Waals surface area (Å²) in [5, 5.41) is 10.5. The molecule has 0 aliphatic rings. The van der Waals surface area contributed by atoms with Gasteiger partial charge in [-0.3, -0.25) is 15.1 Å². The zero-order valence-electron chi connectivity index (χ0n) is 6.86. The van der Waals surface area contributed by atoms with Crippen LogP contribution in [0.1, 0.15) is 6.92 Å². The van der Waals surface area contributed by atoms with Crippen LogP contribution < -0.4 is 4.74 Å². The maximum atomic E-state index is 10.5. The third-order valence-corrected chi connectivity index (χ3v) is 2.12. The Labute approximate surface area is 83.0 Å². The lowest BCUT2D eigenvalue weighted by molar-refractivity contribution is -0.386. The molecule has 0 aliphatic carbocycles. The molecule has 1 aromatic heterocycles. The van der Waals surface area contributed by atoms with E-state index < -0.39 is 4.92 Å². The molecule has 5 nitrogen and oxygen atoms in total. The Morgan fingerprint density at radius 1 is 1.69 bits per heavy atom. The Morgan fingerprint density at radius 3 is 2.92 bits per heavy atom. The summed E-state index contributed by atoms with van der Waals surface area (Å²) in [7, 11) is 0. The quantitative estimate of drug-likeness (QED) is 0.606. The van der Waals surface area contributed by atoms with E-state index in [1.165, 1.54) is 12.4 Å². The van der Waals surface area contributed by atoms with Crippen LogP contribution in [-0.4, -0.2) is 16.5 Å². The van der Waals surface area contributed by atoms with E-state index in [9.17, 15) is 10.1 Å². The lowest BCUT2D eigenvalue weighted by Crippen LogP contribution is -1.96. The highest BCUT2D eigenvalue weighted by Crippen LogP contribution is 2.32. The molecule has 0 bridgehead atoms. The number of ether oxygens (including phenoxy) is 1. The molecule has 0 unspecified atom stereocenters. The highest BCUT2D eigenvalue weighted by atomic mass is 79.9. The summed E-state index contributed by atoms with van der Waals surface area (Å²) in [5.41, 5.74) is -0.0917. The average molecular weight is 247 g/mol. The van der Waals surface area contributed by atoms with Gasteiger partial charge in [0.25, 0.3) is 0 Å². The molecular formula is C7H7BrN2O3. The molecule has 0 spiro atoms. The van der Waals surface area contributed by atoms with Crippen LogP contribution in [0.4, 0.5) is 5.69 Å². The van der Waals surface area contributed by atoms with Crippen molar-refractivity contribution in [2.45, 2.75) is 6.92 Å². The fourth-order valence-corrected chi connectivity index (χ4v) is 1.26. The van der Waals surface area contributed by atoms with Gasteiger partial charge >= 0.3 is 5.69 Å².